The Hall–Kier alpha value is -1.39. The van der Waals surface area contributed by atoms with Gasteiger partial charge in [0.1, 0.15) is 5.75 Å². The minimum Gasteiger partial charge on any atom is -0.497 e. The van der Waals surface area contributed by atoms with E-state index in [-0.39, 0.29) is 11.8 Å². The highest BCUT2D eigenvalue weighted by Gasteiger charge is 2.29. The molecule has 4 nitrogen and oxygen atoms in total. The Labute approximate surface area is 115 Å². The molecule has 1 aromatic rings. The number of benzene rings is 1. The van der Waals surface area contributed by atoms with Crippen molar-refractivity contribution < 1.29 is 14.3 Å². The number of nitrogens with one attached hydrogen (secondary N) is 1. The van der Waals surface area contributed by atoms with Crippen LogP contribution in [0.2, 0.25) is 0 Å². The number of ether oxygens (including phenoxy) is 2. The van der Waals surface area contributed by atoms with Crippen LogP contribution in [0.15, 0.2) is 24.3 Å². The van der Waals surface area contributed by atoms with E-state index in [1.54, 1.807) is 38.5 Å². The van der Waals surface area contributed by atoms with E-state index in [1.165, 1.54) is 0 Å². The molecule has 1 atom stereocenters. The summed E-state index contributed by atoms with van der Waals surface area (Å²) in [6.45, 7) is 6.32. The van der Waals surface area contributed by atoms with Crippen molar-refractivity contribution in [2.45, 2.75) is 32.4 Å². The van der Waals surface area contributed by atoms with Gasteiger partial charge in [-0.25, -0.2) is 0 Å². The summed E-state index contributed by atoms with van der Waals surface area (Å²) in [5.41, 5.74) is 0.0370. The number of hydrogen-bond acceptors (Lipinski definition) is 4. The Kier molecular flexibility index (Phi) is 5.51. The van der Waals surface area contributed by atoms with Crippen molar-refractivity contribution in [2.24, 2.45) is 0 Å². The van der Waals surface area contributed by atoms with Crippen LogP contribution in [0.25, 0.3) is 0 Å². The second-order valence-electron chi connectivity index (χ2n) is 5.18. The smallest absolute Gasteiger partial charge is 0.182 e. The molecule has 0 aliphatic carbocycles. The summed E-state index contributed by atoms with van der Waals surface area (Å²) in [5, 5.41) is 3.28. The lowest BCUT2D eigenvalue weighted by atomic mass is 9.92. The Balaban J connectivity index is 2.78. The summed E-state index contributed by atoms with van der Waals surface area (Å²) in [6, 6.07) is 7.27. The van der Waals surface area contributed by atoms with Gasteiger partial charge in [0.05, 0.1) is 19.3 Å². The van der Waals surface area contributed by atoms with Crippen LogP contribution in [0.5, 0.6) is 5.75 Å². The van der Waals surface area contributed by atoms with E-state index in [4.69, 9.17) is 9.47 Å². The maximum Gasteiger partial charge on any atom is 0.182 e. The third-order valence-corrected chi connectivity index (χ3v) is 2.94. The zero-order valence-electron chi connectivity index (χ0n) is 12.3. The van der Waals surface area contributed by atoms with Crippen molar-refractivity contribution in [3.8, 4) is 5.75 Å². The first-order valence-electron chi connectivity index (χ1n) is 6.36. The molecule has 0 amide bonds. The summed E-state index contributed by atoms with van der Waals surface area (Å²) in [6.07, 6.45) is 0. The summed E-state index contributed by atoms with van der Waals surface area (Å²) >= 11 is 0. The van der Waals surface area contributed by atoms with E-state index in [0.29, 0.717) is 12.2 Å². The molecule has 0 saturated carbocycles. The van der Waals surface area contributed by atoms with Gasteiger partial charge in [-0.3, -0.25) is 4.79 Å². The Morgan fingerprint density at radius 3 is 2.32 bits per heavy atom. The highest BCUT2D eigenvalue weighted by Crippen LogP contribution is 2.17. The third-order valence-electron chi connectivity index (χ3n) is 2.94. The molecule has 1 N–H and O–H groups in total. The van der Waals surface area contributed by atoms with Crippen LogP contribution < -0.4 is 10.1 Å². The van der Waals surface area contributed by atoms with Crippen LogP contribution >= 0.6 is 0 Å². The summed E-state index contributed by atoms with van der Waals surface area (Å²) < 4.78 is 10.2. The van der Waals surface area contributed by atoms with Crippen molar-refractivity contribution in [1.29, 1.82) is 0 Å². The van der Waals surface area contributed by atoms with Gasteiger partial charge in [0, 0.05) is 18.7 Å². The molecule has 1 unspecified atom stereocenters. The lowest BCUT2D eigenvalue weighted by Crippen LogP contribution is -2.51. The van der Waals surface area contributed by atoms with Gasteiger partial charge in [0.15, 0.2) is 5.78 Å². The minimum absolute atomic E-state index is 0.0538. The van der Waals surface area contributed by atoms with E-state index in [0.717, 1.165) is 5.75 Å². The van der Waals surface area contributed by atoms with Crippen molar-refractivity contribution in [2.75, 3.05) is 20.8 Å². The number of Topliss-reactive ketones (excluding diaryl/α,β-unsaturated/α-hetero) is 1. The van der Waals surface area contributed by atoms with Crippen LogP contribution in [0.1, 0.15) is 31.1 Å². The molecule has 0 aliphatic rings. The fourth-order valence-electron chi connectivity index (χ4n) is 2.08. The molecular formula is C15H23NO3. The number of carbonyl (C=O) groups excluding carboxylic acids is 1. The third kappa shape index (κ3) is 4.33. The van der Waals surface area contributed by atoms with Gasteiger partial charge in [0.2, 0.25) is 0 Å². The Morgan fingerprint density at radius 1 is 1.26 bits per heavy atom. The predicted octanol–water partition coefficient (Wildman–Crippen LogP) is 2.28. The molecule has 106 valence electrons. The normalized spacial score (nSPS) is 13.1. The van der Waals surface area contributed by atoms with Crippen LogP contribution in [0.4, 0.5) is 0 Å². The first-order valence-corrected chi connectivity index (χ1v) is 6.36. The van der Waals surface area contributed by atoms with Gasteiger partial charge >= 0.3 is 0 Å². The summed E-state index contributed by atoms with van der Waals surface area (Å²) in [7, 11) is 3.26. The number of methoxy groups -OCH3 is 2. The van der Waals surface area contributed by atoms with E-state index >= 15 is 0 Å². The van der Waals surface area contributed by atoms with Gasteiger partial charge in [-0.1, -0.05) is 0 Å². The van der Waals surface area contributed by atoms with Gasteiger partial charge < -0.3 is 14.8 Å². The molecule has 0 fully saturated rings. The quantitative estimate of drug-likeness (QED) is 0.768. The first-order chi connectivity index (χ1) is 8.90. The topological polar surface area (TPSA) is 47.6 Å². The predicted molar refractivity (Wildman–Crippen MR) is 75.9 cm³/mol. The molecule has 0 radical (unpaired) electrons. The molecule has 1 rings (SSSR count). The molecule has 0 spiro atoms. The SMILES string of the molecule is COCC(C)NC(C)(C)C(=O)c1ccc(OC)cc1. The fourth-order valence-corrected chi connectivity index (χ4v) is 2.08. The first kappa shape index (κ1) is 15.7. The van der Waals surface area contributed by atoms with E-state index in [9.17, 15) is 4.79 Å². The summed E-state index contributed by atoms with van der Waals surface area (Å²) in [4.78, 5) is 12.5. The van der Waals surface area contributed by atoms with E-state index in [2.05, 4.69) is 5.32 Å². The van der Waals surface area contributed by atoms with Crippen molar-refractivity contribution in [3.05, 3.63) is 29.8 Å². The molecule has 0 heterocycles. The number of hydrogen-bond donors (Lipinski definition) is 1. The van der Waals surface area contributed by atoms with Gasteiger partial charge in [-0.2, -0.15) is 0 Å². The minimum atomic E-state index is -0.632. The van der Waals surface area contributed by atoms with Crippen LogP contribution in [-0.2, 0) is 4.74 Å². The number of ketones is 1. The second kappa shape index (κ2) is 6.68. The lowest BCUT2D eigenvalue weighted by molar-refractivity contribution is 0.0845. The molecule has 4 heteroatoms. The van der Waals surface area contributed by atoms with Crippen molar-refractivity contribution in [3.63, 3.8) is 0 Å². The second-order valence-corrected chi connectivity index (χ2v) is 5.18. The average molecular weight is 265 g/mol. The zero-order chi connectivity index (χ0) is 14.5. The largest absolute Gasteiger partial charge is 0.497 e. The van der Waals surface area contributed by atoms with Crippen LogP contribution in [0.3, 0.4) is 0 Å². The molecule has 19 heavy (non-hydrogen) atoms. The van der Waals surface area contributed by atoms with Crippen LogP contribution in [-0.4, -0.2) is 38.2 Å². The van der Waals surface area contributed by atoms with Crippen molar-refractivity contribution in [1.82, 2.24) is 5.32 Å². The molecule has 0 aliphatic heterocycles. The highest BCUT2D eigenvalue weighted by molar-refractivity contribution is 6.02. The lowest BCUT2D eigenvalue weighted by Gasteiger charge is -2.28. The van der Waals surface area contributed by atoms with E-state index < -0.39 is 5.54 Å². The standard InChI is InChI=1S/C15H23NO3/c1-11(10-18-4)16-15(2,3)14(17)12-6-8-13(19-5)9-7-12/h6-9,11,16H,10H2,1-5H3. The Bertz CT molecular complexity index is 412. The molecular weight excluding hydrogens is 242 g/mol. The van der Waals surface area contributed by atoms with Gasteiger partial charge in [-0.05, 0) is 45.0 Å². The number of rotatable bonds is 7. The molecule has 1 aromatic carbocycles. The van der Waals surface area contributed by atoms with Gasteiger partial charge in [-0.15, -0.1) is 0 Å². The van der Waals surface area contributed by atoms with Crippen LogP contribution in [0, 0.1) is 0 Å². The Morgan fingerprint density at radius 2 is 1.84 bits per heavy atom. The van der Waals surface area contributed by atoms with Crippen molar-refractivity contribution >= 4 is 5.78 Å². The fraction of sp³-hybridized carbons (Fsp3) is 0.533. The molecule has 0 bridgehead atoms. The monoisotopic (exact) mass is 265 g/mol. The maximum absolute atomic E-state index is 12.5. The van der Waals surface area contributed by atoms with Gasteiger partial charge in [0.25, 0.3) is 0 Å². The maximum atomic E-state index is 12.5. The zero-order valence-corrected chi connectivity index (χ0v) is 12.3. The summed E-state index contributed by atoms with van der Waals surface area (Å²) in [5.74, 6) is 0.799. The number of carbonyl (C=O) groups is 1. The van der Waals surface area contributed by atoms with E-state index in [1.807, 2.05) is 20.8 Å². The average Bonchev–Trinajstić information content (AvgIpc) is 2.37. The molecule has 0 aromatic heterocycles. The molecule has 0 saturated heterocycles. The highest BCUT2D eigenvalue weighted by atomic mass is 16.5.